The normalized spacial score (nSPS) is 15.3. The molecule has 3 rings (SSSR count). The Kier molecular flexibility index (Phi) is 6.91. The third-order valence-corrected chi connectivity index (χ3v) is 5.19. The van der Waals surface area contributed by atoms with E-state index < -0.39 is 6.10 Å². The summed E-state index contributed by atoms with van der Waals surface area (Å²) in [5.74, 6) is 0.366. The first kappa shape index (κ1) is 20.9. The maximum absolute atomic E-state index is 13.0. The van der Waals surface area contributed by atoms with Crippen molar-refractivity contribution in [2.45, 2.75) is 52.6 Å². The lowest BCUT2D eigenvalue weighted by atomic mass is 10.1. The van der Waals surface area contributed by atoms with E-state index in [2.05, 4.69) is 11.4 Å². The van der Waals surface area contributed by atoms with Crippen LogP contribution in [0.3, 0.4) is 0 Å². The number of likely N-dealkylation sites (tertiary alicyclic amines) is 1. The number of carbonyl (C=O) groups is 2. The van der Waals surface area contributed by atoms with Crippen LogP contribution in [0.2, 0.25) is 0 Å². The zero-order chi connectivity index (χ0) is 20.8. The van der Waals surface area contributed by atoms with Crippen LogP contribution in [0, 0.1) is 13.8 Å². The minimum atomic E-state index is -0.683. The number of para-hydroxylation sites is 1. The van der Waals surface area contributed by atoms with Crippen molar-refractivity contribution in [3.05, 3.63) is 59.2 Å². The van der Waals surface area contributed by atoms with E-state index in [4.69, 9.17) is 4.74 Å². The molecule has 0 aromatic heterocycles. The summed E-state index contributed by atoms with van der Waals surface area (Å²) in [5, 5.41) is 2.88. The molecule has 5 heteroatoms. The third kappa shape index (κ3) is 5.59. The summed E-state index contributed by atoms with van der Waals surface area (Å²) in [7, 11) is 0. The number of nitrogens with zero attached hydrogens (tertiary/aromatic N) is 1. The molecule has 1 N–H and O–H groups in total. The maximum Gasteiger partial charge on any atom is 0.265 e. The van der Waals surface area contributed by atoms with Crippen LogP contribution in [0.25, 0.3) is 0 Å². The topological polar surface area (TPSA) is 58.6 Å². The molecular weight excluding hydrogens is 364 g/mol. The SMILES string of the molecule is Cc1cc(C)cc(O[C@@H](C)C(=O)Nc2ccccc2C(=O)N2CCCCCC2)c1. The van der Waals surface area contributed by atoms with Crippen LogP contribution in [0.5, 0.6) is 5.75 Å². The van der Waals surface area contributed by atoms with Crippen molar-refractivity contribution < 1.29 is 14.3 Å². The fourth-order valence-electron chi connectivity index (χ4n) is 3.72. The van der Waals surface area contributed by atoms with E-state index in [1.165, 1.54) is 0 Å². The molecular formula is C24H30N2O3. The fraction of sp³-hybridized carbons (Fsp3) is 0.417. The molecule has 2 aromatic rings. The average molecular weight is 395 g/mol. The minimum absolute atomic E-state index is 0.0225. The molecule has 0 unspecified atom stereocenters. The smallest absolute Gasteiger partial charge is 0.265 e. The van der Waals surface area contributed by atoms with Crippen molar-refractivity contribution in [3.63, 3.8) is 0 Å². The molecule has 0 saturated carbocycles. The molecule has 1 heterocycles. The summed E-state index contributed by atoms with van der Waals surface area (Å²) in [5.41, 5.74) is 3.23. The molecule has 0 spiro atoms. The van der Waals surface area contributed by atoms with Gasteiger partial charge in [-0.25, -0.2) is 0 Å². The van der Waals surface area contributed by atoms with Crippen LogP contribution in [-0.4, -0.2) is 35.9 Å². The van der Waals surface area contributed by atoms with Gasteiger partial charge in [-0.2, -0.15) is 0 Å². The Balaban J connectivity index is 1.70. The van der Waals surface area contributed by atoms with Gasteiger partial charge in [0.1, 0.15) is 5.75 Å². The van der Waals surface area contributed by atoms with E-state index in [9.17, 15) is 9.59 Å². The van der Waals surface area contributed by atoms with Gasteiger partial charge in [0.15, 0.2) is 6.10 Å². The second kappa shape index (κ2) is 9.59. The van der Waals surface area contributed by atoms with Crippen LogP contribution < -0.4 is 10.1 Å². The van der Waals surface area contributed by atoms with Gasteiger partial charge in [0.25, 0.3) is 11.8 Å². The van der Waals surface area contributed by atoms with E-state index in [0.717, 1.165) is 49.9 Å². The zero-order valence-electron chi connectivity index (χ0n) is 17.5. The van der Waals surface area contributed by atoms with Crippen molar-refractivity contribution >= 4 is 17.5 Å². The molecule has 1 fully saturated rings. The lowest BCUT2D eigenvalue weighted by Gasteiger charge is -2.22. The summed E-state index contributed by atoms with van der Waals surface area (Å²) in [6, 6.07) is 13.1. The Hall–Kier alpha value is -2.82. The Morgan fingerprint density at radius 1 is 0.966 bits per heavy atom. The molecule has 5 nitrogen and oxygen atoms in total. The molecule has 1 atom stereocenters. The molecule has 0 bridgehead atoms. The third-order valence-electron chi connectivity index (χ3n) is 5.19. The Morgan fingerprint density at radius 3 is 2.24 bits per heavy atom. The van der Waals surface area contributed by atoms with Gasteiger partial charge in [-0.05, 0) is 69.0 Å². The van der Waals surface area contributed by atoms with E-state index in [-0.39, 0.29) is 11.8 Å². The highest BCUT2D eigenvalue weighted by atomic mass is 16.5. The molecule has 1 aliphatic rings. The fourth-order valence-corrected chi connectivity index (χ4v) is 3.72. The Labute approximate surface area is 173 Å². The number of ether oxygens (including phenoxy) is 1. The molecule has 2 aromatic carbocycles. The summed E-state index contributed by atoms with van der Waals surface area (Å²) < 4.78 is 5.84. The first-order chi connectivity index (χ1) is 13.9. The van der Waals surface area contributed by atoms with E-state index in [0.29, 0.717) is 17.0 Å². The number of hydrogen-bond donors (Lipinski definition) is 1. The van der Waals surface area contributed by atoms with Crippen LogP contribution in [0.15, 0.2) is 42.5 Å². The molecule has 1 aliphatic heterocycles. The number of nitrogens with one attached hydrogen (secondary N) is 1. The standard InChI is InChI=1S/C24H30N2O3/c1-17-14-18(2)16-20(15-17)29-19(3)23(27)25-22-11-7-6-10-21(22)24(28)26-12-8-4-5-9-13-26/h6-7,10-11,14-16,19H,4-5,8-9,12-13H2,1-3H3,(H,25,27)/t19-/m0/s1. The lowest BCUT2D eigenvalue weighted by molar-refractivity contribution is -0.122. The van der Waals surface area contributed by atoms with Gasteiger partial charge in [0, 0.05) is 13.1 Å². The van der Waals surface area contributed by atoms with Gasteiger partial charge >= 0.3 is 0 Å². The number of hydrogen-bond acceptors (Lipinski definition) is 3. The number of aryl methyl sites for hydroxylation is 2. The second-order valence-corrected chi connectivity index (χ2v) is 7.82. The van der Waals surface area contributed by atoms with E-state index in [1.807, 2.05) is 43.0 Å². The van der Waals surface area contributed by atoms with Crippen LogP contribution in [0.4, 0.5) is 5.69 Å². The quantitative estimate of drug-likeness (QED) is 0.798. The highest BCUT2D eigenvalue weighted by molar-refractivity contribution is 6.04. The average Bonchev–Trinajstić information content (AvgIpc) is 2.96. The summed E-state index contributed by atoms with van der Waals surface area (Å²) in [6.45, 7) is 7.25. The van der Waals surface area contributed by atoms with E-state index >= 15 is 0 Å². The molecule has 1 saturated heterocycles. The van der Waals surface area contributed by atoms with Gasteiger partial charge in [0.05, 0.1) is 11.3 Å². The van der Waals surface area contributed by atoms with Gasteiger partial charge in [0.2, 0.25) is 0 Å². The van der Waals surface area contributed by atoms with Crippen molar-refractivity contribution in [1.82, 2.24) is 4.90 Å². The first-order valence-electron chi connectivity index (χ1n) is 10.4. The first-order valence-corrected chi connectivity index (χ1v) is 10.4. The largest absolute Gasteiger partial charge is 0.481 e. The molecule has 2 amide bonds. The molecule has 29 heavy (non-hydrogen) atoms. The predicted molar refractivity (Wildman–Crippen MR) is 115 cm³/mol. The van der Waals surface area contributed by atoms with E-state index in [1.54, 1.807) is 19.1 Å². The van der Waals surface area contributed by atoms with Crippen molar-refractivity contribution in [1.29, 1.82) is 0 Å². The lowest BCUT2D eigenvalue weighted by Crippen LogP contribution is -2.34. The van der Waals surface area contributed by atoms with Crippen molar-refractivity contribution in [3.8, 4) is 5.75 Å². The predicted octanol–water partition coefficient (Wildman–Crippen LogP) is 4.73. The van der Waals surface area contributed by atoms with Crippen LogP contribution >= 0.6 is 0 Å². The van der Waals surface area contributed by atoms with Gasteiger partial charge in [-0.3, -0.25) is 9.59 Å². The van der Waals surface area contributed by atoms with Crippen LogP contribution in [-0.2, 0) is 4.79 Å². The maximum atomic E-state index is 13.0. The monoisotopic (exact) mass is 394 g/mol. The number of rotatable bonds is 5. The molecule has 0 radical (unpaired) electrons. The van der Waals surface area contributed by atoms with Crippen molar-refractivity contribution in [2.75, 3.05) is 18.4 Å². The van der Waals surface area contributed by atoms with Gasteiger partial charge in [-0.15, -0.1) is 0 Å². The number of carbonyl (C=O) groups excluding carboxylic acids is 2. The highest BCUT2D eigenvalue weighted by Crippen LogP contribution is 2.21. The summed E-state index contributed by atoms with van der Waals surface area (Å²) in [4.78, 5) is 27.7. The second-order valence-electron chi connectivity index (χ2n) is 7.82. The van der Waals surface area contributed by atoms with Crippen molar-refractivity contribution in [2.24, 2.45) is 0 Å². The summed E-state index contributed by atoms with van der Waals surface area (Å²) >= 11 is 0. The number of anilines is 1. The summed E-state index contributed by atoms with van der Waals surface area (Å²) in [6.07, 6.45) is 3.70. The van der Waals surface area contributed by atoms with Crippen LogP contribution in [0.1, 0.15) is 54.1 Å². The number of benzene rings is 2. The Morgan fingerprint density at radius 2 is 1.59 bits per heavy atom. The minimum Gasteiger partial charge on any atom is -0.481 e. The molecule has 0 aliphatic carbocycles. The zero-order valence-corrected chi connectivity index (χ0v) is 17.5. The highest BCUT2D eigenvalue weighted by Gasteiger charge is 2.22. The number of amides is 2. The Bertz CT molecular complexity index is 850. The van der Waals surface area contributed by atoms with Gasteiger partial charge < -0.3 is 15.0 Å². The van der Waals surface area contributed by atoms with Gasteiger partial charge in [-0.1, -0.05) is 31.0 Å². The molecule has 154 valence electrons.